The van der Waals surface area contributed by atoms with E-state index < -0.39 is 12.1 Å². The number of amides is 2. The molecule has 0 spiro atoms. The van der Waals surface area contributed by atoms with E-state index >= 15 is 0 Å². The number of carbonyl (C=O) groups is 3. The van der Waals surface area contributed by atoms with Crippen LogP contribution in [0, 0.1) is 0 Å². The average molecular weight is 716 g/mol. The summed E-state index contributed by atoms with van der Waals surface area (Å²) >= 11 is 0. The van der Waals surface area contributed by atoms with Gasteiger partial charge in [0.05, 0.1) is 7.11 Å². The first kappa shape index (κ1) is 39.4. The molecule has 11 heteroatoms. The monoisotopic (exact) mass is 715 g/mol. The van der Waals surface area contributed by atoms with Crippen LogP contribution in [0.5, 0.6) is 5.75 Å². The van der Waals surface area contributed by atoms with Crippen LogP contribution in [0.4, 0.5) is 13.2 Å². The molecule has 8 nitrogen and oxygen atoms in total. The van der Waals surface area contributed by atoms with E-state index in [4.69, 9.17) is 14.6 Å². The Hall–Kier alpha value is -5.42. The summed E-state index contributed by atoms with van der Waals surface area (Å²) in [6.45, 7) is 4.92. The summed E-state index contributed by atoms with van der Waals surface area (Å²) in [6, 6.07) is 34.1. The first-order valence-corrected chi connectivity index (χ1v) is 17.2. The molecule has 1 fully saturated rings. The zero-order valence-corrected chi connectivity index (χ0v) is 29.1. The number of rotatable bonds is 14. The lowest BCUT2D eigenvalue weighted by atomic mass is 10.0. The molecule has 0 saturated carbocycles. The number of aryl methyl sites for hydroxylation is 1. The summed E-state index contributed by atoms with van der Waals surface area (Å²) in [5.41, 5.74) is 5.89. The minimum Gasteiger partial charge on any atom is -0.497 e. The minimum atomic E-state index is -5.08. The van der Waals surface area contributed by atoms with Gasteiger partial charge in [-0.05, 0) is 103 Å². The number of methoxy groups -OCH3 is 1. The van der Waals surface area contributed by atoms with Crippen molar-refractivity contribution in [2.45, 2.75) is 38.4 Å². The molecule has 4 aromatic carbocycles. The largest absolute Gasteiger partial charge is 0.497 e. The first-order valence-electron chi connectivity index (χ1n) is 17.2. The summed E-state index contributed by atoms with van der Waals surface area (Å²) in [4.78, 5) is 39.6. The van der Waals surface area contributed by atoms with Gasteiger partial charge in [-0.1, -0.05) is 72.8 Å². The van der Waals surface area contributed by atoms with E-state index in [0.29, 0.717) is 25.2 Å². The SMILES string of the molecule is COc1ccc(/C=C/C(=O)N(CCCc2ccccc2)Cc2cccc(-c3cccc(C(=O)NCCN4CCCC4)c3)c2)cc1.O=C(O)C(F)(F)F. The van der Waals surface area contributed by atoms with E-state index in [1.807, 2.05) is 71.6 Å². The van der Waals surface area contributed by atoms with Crippen LogP contribution in [0.1, 0.15) is 46.3 Å². The molecule has 0 unspecified atom stereocenters. The third kappa shape index (κ3) is 13.0. The molecule has 2 amide bonds. The van der Waals surface area contributed by atoms with Gasteiger partial charge < -0.3 is 25.0 Å². The summed E-state index contributed by atoms with van der Waals surface area (Å²) in [6.07, 6.45) is 2.68. The number of hydrogen-bond acceptors (Lipinski definition) is 5. The van der Waals surface area contributed by atoms with Gasteiger partial charge in [0.1, 0.15) is 5.75 Å². The van der Waals surface area contributed by atoms with Crippen LogP contribution in [-0.2, 0) is 22.6 Å². The number of carboxylic acids is 1. The zero-order chi connectivity index (χ0) is 37.3. The maximum Gasteiger partial charge on any atom is 0.490 e. The number of carboxylic acid groups (broad SMARTS) is 1. The number of aliphatic carboxylic acids is 1. The molecule has 0 aliphatic carbocycles. The van der Waals surface area contributed by atoms with Gasteiger partial charge in [-0.2, -0.15) is 13.2 Å². The molecule has 0 atom stereocenters. The molecule has 4 aromatic rings. The van der Waals surface area contributed by atoms with Gasteiger partial charge in [-0.25, -0.2) is 4.79 Å². The van der Waals surface area contributed by atoms with Gasteiger partial charge in [0, 0.05) is 37.8 Å². The number of hydrogen-bond donors (Lipinski definition) is 2. The van der Waals surface area contributed by atoms with Crippen molar-refractivity contribution in [1.82, 2.24) is 15.1 Å². The third-order valence-corrected chi connectivity index (χ3v) is 8.50. The van der Waals surface area contributed by atoms with Gasteiger partial charge in [0.15, 0.2) is 0 Å². The molecule has 1 heterocycles. The molecule has 2 N–H and O–H groups in total. The molecule has 0 bridgehead atoms. The number of likely N-dealkylation sites (tertiary alicyclic amines) is 1. The number of nitrogens with zero attached hydrogens (tertiary/aromatic N) is 2. The zero-order valence-electron chi connectivity index (χ0n) is 29.1. The Morgan fingerprint density at radius 2 is 1.50 bits per heavy atom. The normalized spacial score (nSPS) is 12.9. The van der Waals surface area contributed by atoms with Crippen molar-refractivity contribution >= 4 is 23.9 Å². The highest BCUT2D eigenvalue weighted by Crippen LogP contribution is 2.23. The molecular formula is C41H44F3N3O5. The van der Waals surface area contributed by atoms with Crippen molar-refractivity contribution < 1.29 is 37.4 Å². The molecule has 274 valence electrons. The quantitative estimate of drug-likeness (QED) is 0.131. The lowest BCUT2D eigenvalue weighted by Gasteiger charge is -2.22. The van der Waals surface area contributed by atoms with Gasteiger partial charge in [0.2, 0.25) is 5.91 Å². The van der Waals surface area contributed by atoms with Crippen LogP contribution < -0.4 is 10.1 Å². The van der Waals surface area contributed by atoms with E-state index in [9.17, 15) is 22.8 Å². The van der Waals surface area contributed by atoms with E-state index in [2.05, 4.69) is 52.7 Å². The molecule has 52 heavy (non-hydrogen) atoms. The number of halogens is 3. The van der Waals surface area contributed by atoms with Crippen LogP contribution >= 0.6 is 0 Å². The predicted octanol–water partition coefficient (Wildman–Crippen LogP) is 7.50. The highest BCUT2D eigenvalue weighted by Gasteiger charge is 2.38. The van der Waals surface area contributed by atoms with Gasteiger partial charge in [-0.15, -0.1) is 0 Å². The second-order valence-corrected chi connectivity index (χ2v) is 12.3. The maximum absolute atomic E-state index is 13.5. The summed E-state index contributed by atoms with van der Waals surface area (Å²) < 4.78 is 37.0. The Kier molecular flexibility index (Phi) is 15.0. The molecule has 1 aliphatic heterocycles. The van der Waals surface area contributed by atoms with Crippen LogP contribution in [0.25, 0.3) is 17.2 Å². The fourth-order valence-corrected chi connectivity index (χ4v) is 5.72. The number of carbonyl (C=O) groups excluding carboxylic acids is 2. The molecule has 0 aromatic heterocycles. The van der Waals surface area contributed by atoms with E-state index in [0.717, 1.165) is 60.5 Å². The molecular weight excluding hydrogens is 671 g/mol. The van der Waals surface area contributed by atoms with Crippen LogP contribution in [-0.4, -0.2) is 78.7 Å². The Bertz CT molecular complexity index is 1770. The Morgan fingerprint density at radius 1 is 0.865 bits per heavy atom. The molecule has 1 aliphatic rings. The second kappa shape index (κ2) is 19.8. The van der Waals surface area contributed by atoms with E-state index in [1.54, 1.807) is 13.2 Å². The van der Waals surface area contributed by atoms with Crippen LogP contribution in [0.2, 0.25) is 0 Å². The number of alkyl halides is 3. The summed E-state index contributed by atoms with van der Waals surface area (Å²) in [5, 5.41) is 10.2. The summed E-state index contributed by atoms with van der Waals surface area (Å²) in [7, 11) is 1.64. The average Bonchev–Trinajstić information content (AvgIpc) is 3.68. The Balaban J connectivity index is 0.000000785. The lowest BCUT2D eigenvalue weighted by molar-refractivity contribution is -0.192. The topological polar surface area (TPSA) is 99.2 Å². The van der Waals surface area contributed by atoms with Crippen molar-refractivity contribution in [3.63, 3.8) is 0 Å². The Labute approximate surface area is 302 Å². The Morgan fingerprint density at radius 3 is 2.15 bits per heavy atom. The minimum absolute atomic E-state index is 0.0307. The summed E-state index contributed by atoms with van der Waals surface area (Å²) in [5.74, 6) is -2.06. The van der Waals surface area contributed by atoms with Crippen molar-refractivity contribution in [2.24, 2.45) is 0 Å². The molecule has 5 rings (SSSR count). The van der Waals surface area contributed by atoms with Crippen molar-refractivity contribution in [3.05, 3.63) is 131 Å². The maximum atomic E-state index is 13.5. The third-order valence-electron chi connectivity index (χ3n) is 8.50. The van der Waals surface area contributed by atoms with Gasteiger partial charge in [-0.3, -0.25) is 9.59 Å². The van der Waals surface area contributed by atoms with E-state index in [-0.39, 0.29) is 11.8 Å². The number of nitrogens with one attached hydrogen (secondary N) is 1. The lowest BCUT2D eigenvalue weighted by Crippen LogP contribution is -2.33. The van der Waals surface area contributed by atoms with Gasteiger partial charge >= 0.3 is 12.1 Å². The number of ether oxygens (including phenoxy) is 1. The van der Waals surface area contributed by atoms with Crippen molar-refractivity contribution in [1.29, 1.82) is 0 Å². The second-order valence-electron chi connectivity index (χ2n) is 12.3. The highest BCUT2D eigenvalue weighted by molar-refractivity contribution is 5.95. The van der Waals surface area contributed by atoms with E-state index in [1.165, 1.54) is 18.4 Å². The van der Waals surface area contributed by atoms with Gasteiger partial charge in [0.25, 0.3) is 5.91 Å². The van der Waals surface area contributed by atoms with Crippen molar-refractivity contribution in [3.8, 4) is 16.9 Å². The predicted molar refractivity (Wildman–Crippen MR) is 196 cm³/mol. The molecule has 1 saturated heterocycles. The smallest absolute Gasteiger partial charge is 0.490 e. The van der Waals surface area contributed by atoms with Crippen molar-refractivity contribution in [2.75, 3.05) is 39.8 Å². The standard InChI is InChI=1S/C39H43N3O3.C2HF3O2/c1-45-37-20-17-32(18-21-37)19-22-38(43)42(26-9-13-31-10-3-2-4-11-31)30-33-12-7-14-34(28-33)35-15-8-16-36(29-35)39(44)40-23-27-41-24-5-6-25-41;3-2(4,5)1(6)7/h2-4,7-8,10-12,14-22,28-29H,5-6,9,13,23-27,30H2,1H3,(H,40,44);(H,6,7)/b22-19+;. The van der Waals surface area contributed by atoms with Crippen LogP contribution in [0.3, 0.4) is 0 Å². The molecule has 0 radical (unpaired) electrons. The fraction of sp³-hybridized carbons (Fsp3) is 0.293. The first-order chi connectivity index (χ1) is 25.0. The van der Waals surface area contributed by atoms with Crippen LogP contribution in [0.15, 0.2) is 109 Å². The highest BCUT2D eigenvalue weighted by atomic mass is 19.4. The fourth-order valence-electron chi connectivity index (χ4n) is 5.72. The number of benzene rings is 4.